The average Bonchev–Trinajstić information content (AvgIpc) is 3.03. The van der Waals surface area contributed by atoms with Crippen molar-refractivity contribution in [3.8, 4) is 0 Å². The number of hydrogen-bond acceptors (Lipinski definition) is 5. The number of sulfonamides is 1. The van der Waals surface area contributed by atoms with Gasteiger partial charge < -0.3 is 10.6 Å². The predicted molar refractivity (Wildman–Crippen MR) is 106 cm³/mol. The number of nitrogens with zero attached hydrogens (tertiary/aromatic N) is 1. The Morgan fingerprint density at radius 3 is 2.62 bits per heavy atom. The minimum Gasteiger partial charge on any atom is -0.355 e. The third-order valence-corrected chi connectivity index (χ3v) is 8.66. The summed E-state index contributed by atoms with van der Waals surface area (Å²) in [5, 5.41) is 6.16. The summed E-state index contributed by atoms with van der Waals surface area (Å²) in [5.74, 6) is 0.548. The number of halogens is 1. The van der Waals surface area contributed by atoms with Gasteiger partial charge in [-0.2, -0.15) is 4.31 Å². The van der Waals surface area contributed by atoms with Crippen molar-refractivity contribution >= 4 is 39.7 Å². The van der Waals surface area contributed by atoms with Crippen molar-refractivity contribution in [3.05, 3.63) is 17.0 Å². The number of carbonyl (C=O) groups excluding carboxylic acids is 1. The van der Waals surface area contributed by atoms with E-state index in [4.69, 9.17) is 0 Å². The summed E-state index contributed by atoms with van der Waals surface area (Å²) in [6.45, 7) is 5.59. The summed E-state index contributed by atoms with van der Waals surface area (Å²) >= 11 is 1.32. The Hall–Kier alpha value is -0.670. The molecule has 3 rings (SSSR count). The molecule has 148 valence electrons. The van der Waals surface area contributed by atoms with Crippen LogP contribution < -0.4 is 10.6 Å². The molecule has 2 aliphatic heterocycles. The molecule has 2 aliphatic rings. The van der Waals surface area contributed by atoms with Gasteiger partial charge in [0, 0.05) is 30.4 Å². The van der Waals surface area contributed by atoms with E-state index in [2.05, 4.69) is 10.6 Å². The maximum absolute atomic E-state index is 12.6. The summed E-state index contributed by atoms with van der Waals surface area (Å²) in [4.78, 5) is 13.1. The molecule has 1 atom stereocenters. The summed E-state index contributed by atoms with van der Waals surface area (Å²) in [6.07, 6.45) is 3.66. The molecule has 9 heteroatoms. The highest BCUT2D eigenvalue weighted by Crippen LogP contribution is 2.27. The van der Waals surface area contributed by atoms with Crippen molar-refractivity contribution in [3.63, 3.8) is 0 Å². The quantitative estimate of drug-likeness (QED) is 0.704. The minimum atomic E-state index is -3.35. The fraction of sp³-hybridized carbons (Fsp3) is 0.706. The molecular formula is C17H28ClN3O3S2. The zero-order chi connectivity index (χ0) is 17.9. The van der Waals surface area contributed by atoms with Crippen molar-refractivity contribution in [1.29, 1.82) is 0 Å². The van der Waals surface area contributed by atoms with E-state index in [-0.39, 0.29) is 24.2 Å². The lowest BCUT2D eigenvalue weighted by molar-refractivity contribution is -0.126. The second-order valence-corrected chi connectivity index (χ2v) is 10.3. The molecule has 2 saturated heterocycles. The Labute approximate surface area is 166 Å². The van der Waals surface area contributed by atoms with E-state index in [0.717, 1.165) is 37.2 Å². The molecule has 3 heterocycles. The Morgan fingerprint density at radius 1 is 1.31 bits per heavy atom. The molecule has 6 nitrogen and oxygen atoms in total. The van der Waals surface area contributed by atoms with E-state index in [1.165, 1.54) is 11.3 Å². The topological polar surface area (TPSA) is 78.5 Å². The molecule has 26 heavy (non-hydrogen) atoms. The van der Waals surface area contributed by atoms with Gasteiger partial charge in [-0.05, 0) is 50.4 Å². The third kappa shape index (κ3) is 4.98. The van der Waals surface area contributed by atoms with Crippen LogP contribution >= 0.6 is 23.7 Å². The molecule has 0 radical (unpaired) electrons. The predicted octanol–water partition coefficient (Wildman–Crippen LogP) is 1.86. The smallest absolute Gasteiger partial charge is 0.252 e. The highest BCUT2D eigenvalue weighted by molar-refractivity contribution is 7.91. The number of piperidine rings is 1. The molecule has 1 amide bonds. The molecule has 1 unspecified atom stereocenters. The van der Waals surface area contributed by atoms with Crippen LogP contribution in [0.2, 0.25) is 0 Å². The van der Waals surface area contributed by atoms with Crippen molar-refractivity contribution in [2.45, 2.75) is 36.8 Å². The Bertz CT molecular complexity index is 698. The molecule has 0 bridgehead atoms. The normalized spacial score (nSPS) is 20.0. The van der Waals surface area contributed by atoms with E-state index < -0.39 is 10.0 Å². The first kappa shape index (κ1) is 21.6. The van der Waals surface area contributed by atoms with Gasteiger partial charge in [0.15, 0.2) is 0 Å². The van der Waals surface area contributed by atoms with Gasteiger partial charge in [0.05, 0.1) is 0 Å². The van der Waals surface area contributed by atoms with E-state index in [1.54, 1.807) is 10.4 Å². The molecule has 0 aromatic carbocycles. The van der Waals surface area contributed by atoms with Crippen molar-refractivity contribution in [2.75, 3.05) is 32.7 Å². The maximum Gasteiger partial charge on any atom is 0.252 e. The highest BCUT2D eigenvalue weighted by atomic mass is 35.5. The summed E-state index contributed by atoms with van der Waals surface area (Å²) in [5.41, 5.74) is 0. The molecule has 2 N–H and O–H groups in total. The molecule has 2 fully saturated rings. The number of carbonyl (C=O) groups is 1. The summed E-state index contributed by atoms with van der Waals surface area (Å²) in [6, 6.07) is 3.57. The average molecular weight is 422 g/mol. The first-order valence-corrected chi connectivity index (χ1v) is 11.3. The van der Waals surface area contributed by atoms with Gasteiger partial charge in [-0.15, -0.1) is 23.7 Å². The number of amides is 1. The number of hydrogen-bond donors (Lipinski definition) is 2. The van der Waals surface area contributed by atoms with Crippen LogP contribution in [0.4, 0.5) is 0 Å². The monoisotopic (exact) mass is 421 g/mol. The van der Waals surface area contributed by atoms with Gasteiger partial charge in [-0.3, -0.25) is 4.79 Å². The largest absolute Gasteiger partial charge is 0.355 e. The van der Waals surface area contributed by atoms with Crippen molar-refractivity contribution in [2.24, 2.45) is 11.8 Å². The Balaban J connectivity index is 0.00000243. The minimum absolute atomic E-state index is 0. The van der Waals surface area contributed by atoms with Gasteiger partial charge in [0.1, 0.15) is 4.21 Å². The summed E-state index contributed by atoms with van der Waals surface area (Å²) < 4.78 is 27.3. The SMILES string of the molecule is CC(C(=O)NCCc1ccc(S(=O)(=O)N2CCCCC2)s1)C1CNC1.Cl. The molecule has 1 aromatic heterocycles. The fourth-order valence-corrected chi connectivity index (χ4v) is 6.24. The zero-order valence-electron chi connectivity index (χ0n) is 15.1. The first-order valence-electron chi connectivity index (χ1n) is 9.06. The van der Waals surface area contributed by atoms with Crippen LogP contribution in [0.1, 0.15) is 31.1 Å². The summed E-state index contributed by atoms with van der Waals surface area (Å²) in [7, 11) is -3.35. The van der Waals surface area contributed by atoms with Crippen LogP contribution in [0.5, 0.6) is 0 Å². The van der Waals surface area contributed by atoms with Gasteiger partial charge >= 0.3 is 0 Å². The number of rotatable bonds is 7. The van der Waals surface area contributed by atoms with E-state index >= 15 is 0 Å². The highest BCUT2D eigenvalue weighted by Gasteiger charge is 2.29. The van der Waals surface area contributed by atoms with Gasteiger partial charge in [-0.25, -0.2) is 8.42 Å². The second kappa shape index (κ2) is 9.50. The van der Waals surface area contributed by atoms with Gasteiger partial charge in [0.25, 0.3) is 10.0 Å². The van der Waals surface area contributed by atoms with Crippen molar-refractivity contribution < 1.29 is 13.2 Å². The molecule has 0 saturated carbocycles. The standard InChI is InChI=1S/C17H27N3O3S2.ClH/c1-13(14-11-18-12-14)17(21)19-8-7-15-5-6-16(24-15)25(22,23)20-9-3-2-4-10-20;/h5-6,13-14,18H,2-4,7-12H2,1H3,(H,19,21);1H. The van der Waals surface area contributed by atoms with Gasteiger partial charge in [-0.1, -0.05) is 13.3 Å². The molecule has 1 aromatic rings. The third-order valence-electron chi connectivity index (χ3n) is 5.15. The van der Waals surface area contributed by atoms with E-state index in [0.29, 0.717) is 36.2 Å². The van der Waals surface area contributed by atoms with E-state index in [9.17, 15) is 13.2 Å². The molecule has 0 aliphatic carbocycles. The van der Waals surface area contributed by atoms with Crippen LogP contribution in [0.15, 0.2) is 16.3 Å². The lowest BCUT2D eigenvalue weighted by Gasteiger charge is -2.31. The van der Waals surface area contributed by atoms with Crippen LogP contribution in [0.3, 0.4) is 0 Å². The number of thiophene rings is 1. The Kier molecular flexibility index (Phi) is 7.90. The van der Waals surface area contributed by atoms with Gasteiger partial charge in [0.2, 0.25) is 5.91 Å². The second-order valence-electron chi connectivity index (χ2n) is 6.93. The fourth-order valence-electron chi connectivity index (χ4n) is 3.21. The van der Waals surface area contributed by atoms with Crippen LogP contribution in [-0.4, -0.2) is 51.4 Å². The Morgan fingerprint density at radius 2 is 2.00 bits per heavy atom. The first-order chi connectivity index (χ1) is 12.0. The lowest BCUT2D eigenvalue weighted by Crippen LogP contribution is -2.49. The van der Waals surface area contributed by atoms with Crippen LogP contribution in [0, 0.1) is 11.8 Å². The van der Waals surface area contributed by atoms with Crippen LogP contribution in [0.25, 0.3) is 0 Å². The lowest BCUT2D eigenvalue weighted by atomic mass is 9.88. The number of nitrogens with one attached hydrogen (secondary N) is 2. The molecular weight excluding hydrogens is 394 g/mol. The maximum atomic E-state index is 12.6. The van der Waals surface area contributed by atoms with Crippen LogP contribution in [-0.2, 0) is 21.2 Å². The zero-order valence-corrected chi connectivity index (χ0v) is 17.5. The van der Waals surface area contributed by atoms with Crippen molar-refractivity contribution in [1.82, 2.24) is 14.9 Å². The molecule has 0 spiro atoms. The van der Waals surface area contributed by atoms with E-state index in [1.807, 2.05) is 13.0 Å².